The maximum Gasteiger partial charge on any atom is 0.244 e. The van der Waals surface area contributed by atoms with Crippen LogP contribution in [0.5, 0.6) is 0 Å². The highest BCUT2D eigenvalue weighted by Gasteiger charge is 2.14. The van der Waals surface area contributed by atoms with Crippen LogP contribution in [0.2, 0.25) is 0 Å². The fraction of sp³-hybridized carbons (Fsp3) is 0.400. The zero-order chi connectivity index (χ0) is 6.10. The summed E-state index contributed by atoms with van der Waals surface area (Å²) in [5, 5.41) is 7.50. The SMILES string of the molecule is C1=CN2CCN=C2N=N1. The van der Waals surface area contributed by atoms with Crippen LogP contribution in [-0.4, -0.2) is 23.9 Å². The quantitative estimate of drug-likeness (QED) is 0.463. The first-order valence-corrected chi connectivity index (χ1v) is 2.85. The van der Waals surface area contributed by atoms with Crippen LogP contribution >= 0.6 is 0 Å². The fourth-order valence-corrected chi connectivity index (χ4v) is 0.874. The summed E-state index contributed by atoms with van der Waals surface area (Å²) in [6, 6.07) is 0. The van der Waals surface area contributed by atoms with Crippen molar-refractivity contribution in [1.82, 2.24) is 4.90 Å². The van der Waals surface area contributed by atoms with Crippen LogP contribution in [0.25, 0.3) is 0 Å². The third kappa shape index (κ3) is 0.630. The van der Waals surface area contributed by atoms with Gasteiger partial charge in [-0.3, -0.25) is 0 Å². The van der Waals surface area contributed by atoms with E-state index in [0.717, 1.165) is 19.0 Å². The van der Waals surface area contributed by atoms with Gasteiger partial charge < -0.3 is 4.90 Å². The van der Waals surface area contributed by atoms with Crippen LogP contribution in [0.3, 0.4) is 0 Å². The molecule has 4 heteroatoms. The number of fused-ring (bicyclic) bond motifs is 1. The van der Waals surface area contributed by atoms with E-state index in [9.17, 15) is 0 Å². The lowest BCUT2D eigenvalue weighted by molar-refractivity contribution is 0.593. The zero-order valence-corrected chi connectivity index (χ0v) is 4.86. The number of hydrogen-bond acceptors (Lipinski definition) is 4. The van der Waals surface area contributed by atoms with Gasteiger partial charge >= 0.3 is 0 Å². The molecule has 4 nitrogen and oxygen atoms in total. The third-order valence-corrected chi connectivity index (χ3v) is 1.31. The highest BCUT2D eigenvalue weighted by atomic mass is 15.4. The normalized spacial score (nSPS) is 22.2. The number of azo groups is 1. The predicted octanol–water partition coefficient (Wildman–Crippen LogP) is 0.595. The van der Waals surface area contributed by atoms with E-state index in [0.29, 0.717) is 0 Å². The molecule has 2 aliphatic heterocycles. The Bertz CT molecular complexity index is 200. The van der Waals surface area contributed by atoms with Gasteiger partial charge in [-0.25, -0.2) is 4.99 Å². The van der Waals surface area contributed by atoms with Crippen molar-refractivity contribution in [1.29, 1.82) is 0 Å². The van der Waals surface area contributed by atoms with Crippen LogP contribution in [0.1, 0.15) is 0 Å². The molecular weight excluding hydrogens is 116 g/mol. The summed E-state index contributed by atoms with van der Waals surface area (Å²) in [7, 11) is 0. The van der Waals surface area contributed by atoms with Gasteiger partial charge in [-0.1, -0.05) is 0 Å². The Balaban J connectivity index is 2.33. The van der Waals surface area contributed by atoms with E-state index in [1.165, 1.54) is 0 Å². The lowest BCUT2D eigenvalue weighted by Gasteiger charge is -2.11. The molecule has 2 aliphatic rings. The van der Waals surface area contributed by atoms with Crippen molar-refractivity contribution in [3.05, 3.63) is 12.4 Å². The van der Waals surface area contributed by atoms with Crippen molar-refractivity contribution in [2.45, 2.75) is 0 Å². The second-order valence-corrected chi connectivity index (χ2v) is 1.89. The minimum absolute atomic E-state index is 0.748. The van der Waals surface area contributed by atoms with Crippen molar-refractivity contribution in [3.8, 4) is 0 Å². The smallest absolute Gasteiger partial charge is 0.244 e. The number of nitrogens with zero attached hydrogens (tertiary/aromatic N) is 4. The van der Waals surface area contributed by atoms with Gasteiger partial charge in [0, 0.05) is 12.7 Å². The molecule has 0 fully saturated rings. The molecule has 0 aromatic carbocycles. The average molecular weight is 122 g/mol. The van der Waals surface area contributed by atoms with Gasteiger partial charge in [0.25, 0.3) is 0 Å². The number of hydrogen-bond donors (Lipinski definition) is 0. The van der Waals surface area contributed by atoms with Crippen LogP contribution in [-0.2, 0) is 0 Å². The fourth-order valence-electron chi connectivity index (χ4n) is 0.874. The van der Waals surface area contributed by atoms with Gasteiger partial charge in [0.15, 0.2) is 0 Å². The van der Waals surface area contributed by atoms with E-state index in [4.69, 9.17) is 0 Å². The highest BCUT2D eigenvalue weighted by Crippen LogP contribution is 2.07. The van der Waals surface area contributed by atoms with Gasteiger partial charge in [0.2, 0.25) is 5.96 Å². The Hall–Kier alpha value is -1.19. The first kappa shape index (κ1) is 4.67. The summed E-state index contributed by atoms with van der Waals surface area (Å²) < 4.78 is 0. The Morgan fingerprint density at radius 1 is 1.56 bits per heavy atom. The van der Waals surface area contributed by atoms with Crippen LogP contribution in [0.4, 0.5) is 0 Å². The van der Waals surface area contributed by atoms with Gasteiger partial charge in [-0.15, -0.1) is 5.11 Å². The monoisotopic (exact) mass is 122 g/mol. The van der Waals surface area contributed by atoms with E-state index < -0.39 is 0 Å². The summed E-state index contributed by atoms with van der Waals surface area (Å²) >= 11 is 0. The lowest BCUT2D eigenvalue weighted by Crippen LogP contribution is -2.20. The van der Waals surface area contributed by atoms with E-state index in [2.05, 4.69) is 15.2 Å². The van der Waals surface area contributed by atoms with Gasteiger partial charge in [0.05, 0.1) is 12.7 Å². The average Bonchev–Trinajstić information content (AvgIpc) is 2.33. The number of guanidine groups is 1. The molecule has 0 saturated carbocycles. The minimum atomic E-state index is 0.748. The summed E-state index contributed by atoms with van der Waals surface area (Å²) in [5.74, 6) is 0.748. The molecule has 0 aliphatic carbocycles. The molecular formula is C5H6N4. The molecule has 0 saturated heterocycles. The standard InChI is InChI=1S/C5H6N4/c1-3-9-4-2-7-8-5(9)6-1/h2,4H,1,3H2. The molecule has 2 rings (SSSR count). The molecule has 0 aromatic rings. The molecule has 0 spiro atoms. The topological polar surface area (TPSA) is 40.3 Å². The predicted molar refractivity (Wildman–Crippen MR) is 33.0 cm³/mol. The van der Waals surface area contributed by atoms with E-state index in [-0.39, 0.29) is 0 Å². The molecule has 0 radical (unpaired) electrons. The van der Waals surface area contributed by atoms with Crippen LogP contribution in [0.15, 0.2) is 27.6 Å². The molecule has 0 aromatic heterocycles. The first-order valence-electron chi connectivity index (χ1n) is 2.85. The highest BCUT2D eigenvalue weighted by molar-refractivity contribution is 5.83. The van der Waals surface area contributed by atoms with Crippen molar-refractivity contribution in [2.24, 2.45) is 15.2 Å². The van der Waals surface area contributed by atoms with Crippen molar-refractivity contribution in [2.75, 3.05) is 13.1 Å². The van der Waals surface area contributed by atoms with Crippen LogP contribution in [0, 0.1) is 0 Å². The Morgan fingerprint density at radius 2 is 2.56 bits per heavy atom. The van der Waals surface area contributed by atoms with Crippen molar-refractivity contribution < 1.29 is 0 Å². The molecule has 0 N–H and O–H groups in total. The summed E-state index contributed by atoms with van der Waals surface area (Å²) in [6.45, 7) is 1.80. The van der Waals surface area contributed by atoms with E-state index in [1.807, 2.05) is 11.1 Å². The van der Waals surface area contributed by atoms with E-state index >= 15 is 0 Å². The summed E-state index contributed by atoms with van der Waals surface area (Å²) in [5.41, 5.74) is 0. The Labute approximate surface area is 52.6 Å². The molecule has 0 amide bonds. The Kier molecular flexibility index (Phi) is 0.855. The summed E-state index contributed by atoms with van der Waals surface area (Å²) in [6.07, 6.45) is 3.56. The zero-order valence-electron chi connectivity index (χ0n) is 4.86. The summed E-state index contributed by atoms with van der Waals surface area (Å²) in [4.78, 5) is 6.07. The molecule has 0 atom stereocenters. The van der Waals surface area contributed by atoms with Crippen LogP contribution < -0.4 is 0 Å². The minimum Gasteiger partial charge on any atom is -0.313 e. The second kappa shape index (κ2) is 1.65. The van der Waals surface area contributed by atoms with Crippen molar-refractivity contribution in [3.63, 3.8) is 0 Å². The number of aliphatic imine (C=N–C) groups is 1. The van der Waals surface area contributed by atoms with Gasteiger partial charge in [-0.2, -0.15) is 5.11 Å². The van der Waals surface area contributed by atoms with E-state index in [1.54, 1.807) is 6.20 Å². The third-order valence-electron chi connectivity index (χ3n) is 1.31. The van der Waals surface area contributed by atoms with Gasteiger partial charge in [-0.05, 0) is 0 Å². The largest absolute Gasteiger partial charge is 0.313 e. The van der Waals surface area contributed by atoms with Crippen molar-refractivity contribution >= 4 is 5.96 Å². The lowest BCUT2D eigenvalue weighted by atomic mass is 10.6. The molecule has 46 valence electrons. The maximum absolute atomic E-state index is 4.09. The van der Waals surface area contributed by atoms with Gasteiger partial charge in [0.1, 0.15) is 0 Å². The molecule has 2 heterocycles. The first-order chi connectivity index (χ1) is 4.47. The Morgan fingerprint density at radius 3 is 3.44 bits per heavy atom. The molecule has 9 heavy (non-hydrogen) atoms. The molecule has 0 bridgehead atoms. The number of rotatable bonds is 0. The maximum atomic E-state index is 4.09. The molecule has 0 unspecified atom stereocenters. The second-order valence-electron chi connectivity index (χ2n) is 1.89.